The van der Waals surface area contributed by atoms with Crippen LogP contribution in [-0.2, 0) is 0 Å². The number of amidine groups is 1. The first kappa shape index (κ1) is 15.8. The van der Waals surface area contributed by atoms with Crippen LogP contribution in [0.1, 0.15) is 27.2 Å². The SMILES string of the molecule is CC(C)(C)C1CCSC(Nc2c(F)cc(F)cc2Br)=N1. The Kier molecular flexibility index (Phi) is 4.74. The summed E-state index contributed by atoms with van der Waals surface area (Å²) in [5.41, 5.74) is 0.305. The Morgan fingerprint density at radius 1 is 1.35 bits per heavy atom. The van der Waals surface area contributed by atoms with Crippen LogP contribution in [0.2, 0.25) is 0 Å². The average Bonchev–Trinajstić information content (AvgIpc) is 2.33. The lowest BCUT2D eigenvalue weighted by molar-refractivity contribution is 0.316. The van der Waals surface area contributed by atoms with E-state index in [0.717, 1.165) is 18.2 Å². The lowest BCUT2D eigenvalue weighted by Crippen LogP contribution is -2.30. The number of anilines is 1. The molecule has 6 heteroatoms. The van der Waals surface area contributed by atoms with Gasteiger partial charge in [-0.1, -0.05) is 32.5 Å². The Morgan fingerprint density at radius 3 is 2.65 bits per heavy atom. The number of aliphatic imine (C=N–C) groups is 1. The van der Waals surface area contributed by atoms with Crippen molar-refractivity contribution in [1.82, 2.24) is 0 Å². The van der Waals surface area contributed by atoms with Gasteiger partial charge in [0.15, 0.2) is 11.0 Å². The first-order valence-corrected chi connectivity index (χ1v) is 8.17. The molecule has 0 fully saturated rings. The van der Waals surface area contributed by atoms with Crippen LogP contribution >= 0.6 is 27.7 Å². The predicted molar refractivity (Wildman–Crippen MR) is 85.4 cm³/mol. The van der Waals surface area contributed by atoms with Crippen molar-refractivity contribution < 1.29 is 8.78 Å². The van der Waals surface area contributed by atoms with Crippen LogP contribution in [0.15, 0.2) is 21.6 Å². The van der Waals surface area contributed by atoms with Crippen LogP contribution < -0.4 is 5.32 Å². The molecule has 0 aliphatic carbocycles. The molecule has 110 valence electrons. The minimum atomic E-state index is -0.627. The molecule has 1 aromatic rings. The second kappa shape index (κ2) is 6.02. The van der Waals surface area contributed by atoms with E-state index < -0.39 is 11.6 Å². The molecule has 0 spiro atoms. The van der Waals surface area contributed by atoms with E-state index in [1.807, 2.05) is 0 Å². The summed E-state index contributed by atoms with van der Waals surface area (Å²) in [6, 6.07) is 2.30. The highest BCUT2D eigenvalue weighted by Crippen LogP contribution is 2.33. The molecular weight excluding hydrogens is 346 g/mol. The highest BCUT2D eigenvalue weighted by atomic mass is 79.9. The molecule has 1 unspecified atom stereocenters. The van der Waals surface area contributed by atoms with Crippen molar-refractivity contribution in [3.63, 3.8) is 0 Å². The van der Waals surface area contributed by atoms with Gasteiger partial charge < -0.3 is 5.32 Å². The maximum atomic E-state index is 13.8. The second-order valence-corrected chi connectivity index (χ2v) is 7.76. The van der Waals surface area contributed by atoms with Crippen molar-refractivity contribution in [3.8, 4) is 0 Å². The van der Waals surface area contributed by atoms with Crippen molar-refractivity contribution in [2.45, 2.75) is 33.2 Å². The van der Waals surface area contributed by atoms with Gasteiger partial charge in [-0.2, -0.15) is 0 Å². The van der Waals surface area contributed by atoms with E-state index in [1.165, 1.54) is 6.07 Å². The van der Waals surface area contributed by atoms with Crippen LogP contribution in [0.4, 0.5) is 14.5 Å². The molecular formula is C14H17BrF2N2S. The summed E-state index contributed by atoms with van der Waals surface area (Å²) in [6.45, 7) is 6.43. The fourth-order valence-corrected chi connectivity index (χ4v) is 3.39. The van der Waals surface area contributed by atoms with Gasteiger partial charge in [-0.3, -0.25) is 4.99 Å². The monoisotopic (exact) mass is 362 g/mol. The van der Waals surface area contributed by atoms with E-state index >= 15 is 0 Å². The van der Waals surface area contributed by atoms with E-state index in [2.05, 4.69) is 47.0 Å². The third kappa shape index (κ3) is 3.73. The standard InChI is InChI=1S/C14H17BrF2N2S/c1-14(2,3)11-4-5-20-13(18-11)19-12-9(15)6-8(16)7-10(12)17/h6-7,11H,4-5H2,1-3H3,(H,18,19). The fraction of sp³-hybridized carbons (Fsp3) is 0.500. The van der Waals surface area contributed by atoms with Crippen LogP contribution in [0.5, 0.6) is 0 Å². The molecule has 0 aromatic heterocycles. The third-order valence-electron chi connectivity index (χ3n) is 3.14. The first-order chi connectivity index (χ1) is 9.27. The fourth-order valence-electron chi connectivity index (χ4n) is 1.97. The van der Waals surface area contributed by atoms with Gasteiger partial charge in [-0.05, 0) is 33.8 Å². The van der Waals surface area contributed by atoms with Crippen molar-refractivity contribution in [2.75, 3.05) is 11.1 Å². The molecule has 1 aliphatic heterocycles. The first-order valence-electron chi connectivity index (χ1n) is 6.39. The Labute approximate surface area is 130 Å². The van der Waals surface area contributed by atoms with Gasteiger partial charge in [0.25, 0.3) is 0 Å². The van der Waals surface area contributed by atoms with Crippen LogP contribution in [0.3, 0.4) is 0 Å². The lowest BCUT2D eigenvalue weighted by atomic mass is 9.85. The average molecular weight is 363 g/mol. The number of benzene rings is 1. The van der Waals surface area contributed by atoms with Crippen LogP contribution in [0.25, 0.3) is 0 Å². The van der Waals surface area contributed by atoms with Gasteiger partial charge >= 0.3 is 0 Å². The largest absolute Gasteiger partial charge is 0.332 e. The maximum Gasteiger partial charge on any atom is 0.161 e. The maximum absolute atomic E-state index is 13.8. The summed E-state index contributed by atoms with van der Waals surface area (Å²) < 4.78 is 27.2. The molecule has 1 N–H and O–H groups in total. The number of halogens is 3. The summed E-state index contributed by atoms with van der Waals surface area (Å²) in [5, 5.41) is 3.65. The van der Waals surface area contributed by atoms with Crippen molar-refractivity contribution in [1.29, 1.82) is 0 Å². The molecule has 1 aliphatic rings. The van der Waals surface area contributed by atoms with E-state index in [-0.39, 0.29) is 17.1 Å². The number of rotatable bonds is 1. The van der Waals surface area contributed by atoms with Gasteiger partial charge in [-0.25, -0.2) is 8.78 Å². The van der Waals surface area contributed by atoms with Crippen molar-refractivity contribution in [2.24, 2.45) is 10.4 Å². The Morgan fingerprint density at radius 2 is 2.05 bits per heavy atom. The van der Waals surface area contributed by atoms with Gasteiger partial charge in [0, 0.05) is 16.3 Å². The molecule has 0 saturated heterocycles. The highest BCUT2D eigenvalue weighted by molar-refractivity contribution is 9.10. The summed E-state index contributed by atoms with van der Waals surface area (Å²) in [7, 11) is 0. The zero-order chi connectivity index (χ0) is 14.9. The van der Waals surface area contributed by atoms with Crippen molar-refractivity contribution >= 4 is 38.5 Å². The topological polar surface area (TPSA) is 24.4 Å². The minimum Gasteiger partial charge on any atom is -0.332 e. The van der Waals surface area contributed by atoms with E-state index in [9.17, 15) is 8.78 Å². The van der Waals surface area contributed by atoms with E-state index in [4.69, 9.17) is 0 Å². The molecule has 20 heavy (non-hydrogen) atoms. The quantitative estimate of drug-likeness (QED) is 0.755. The van der Waals surface area contributed by atoms with Gasteiger partial charge in [0.2, 0.25) is 0 Å². The van der Waals surface area contributed by atoms with Gasteiger partial charge in [-0.15, -0.1) is 0 Å². The smallest absolute Gasteiger partial charge is 0.161 e. The molecule has 2 rings (SSSR count). The highest BCUT2D eigenvalue weighted by Gasteiger charge is 2.27. The molecule has 1 atom stereocenters. The van der Waals surface area contributed by atoms with Crippen LogP contribution in [-0.4, -0.2) is 17.0 Å². The molecule has 0 bridgehead atoms. The lowest BCUT2D eigenvalue weighted by Gasteiger charge is -2.31. The molecule has 0 amide bonds. The number of hydrogen-bond donors (Lipinski definition) is 1. The molecule has 0 radical (unpaired) electrons. The summed E-state index contributed by atoms with van der Waals surface area (Å²) in [6.07, 6.45) is 1.01. The molecule has 0 saturated carbocycles. The second-order valence-electron chi connectivity index (χ2n) is 5.82. The zero-order valence-electron chi connectivity index (χ0n) is 11.6. The third-order valence-corrected chi connectivity index (χ3v) is 4.69. The Balaban J connectivity index is 2.24. The van der Waals surface area contributed by atoms with Crippen LogP contribution in [0, 0.1) is 17.0 Å². The molecule has 1 aromatic carbocycles. The Hall–Kier alpha value is -0.620. The summed E-state index contributed by atoms with van der Waals surface area (Å²) >= 11 is 4.73. The normalized spacial score (nSPS) is 19.7. The zero-order valence-corrected chi connectivity index (χ0v) is 14.0. The number of hydrogen-bond acceptors (Lipinski definition) is 3. The van der Waals surface area contributed by atoms with Gasteiger partial charge in [0.05, 0.1) is 11.7 Å². The minimum absolute atomic E-state index is 0.0759. The number of thioether (sulfide) groups is 1. The number of nitrogens with one attached hydrogen (secondary N) is 1. The summed E-state index contributed by atoms with van der Waals surface area (Å²) in [5.74, 6) is -0.294. The predicted octanol–water partition coefficient (Wildman–Crippen LogP) is 5.05. The van der Waals surface area contributed by atoms with E-state index in [0.29, 0.717) is 9.64 Å². The molecule has 2 nitrogen and oxygen atoms in total. The van der Waals surface area contributed by atoms with E-state index in [1.54, 1.807) is 11.8 Å². The van der Waals surface area contributed by atoms with Gasteiger partial charge in [0.1, 0.15) is 5.82 Å². The summed E-state index contributed by atoms with van der Waals surface area (Å²) in [4.78, 5) is 4.64. The molecule has 1 heterocycles. The Bertz CT molecular complexity index is 517. The number of nitrogens with zero attached hydrogens (tertiary/aromatic N) is 1. The van der Waals surface area contributed by atoms with Crippen molar-refractivity contribution in [3.05, 3.63) is 28.2 Å².